The fourth-order valence-corrected chi connectivity index (χ4v) is 1.74. The average molecular weight is 211 g/mol. The van der Waals surface area contributed by atoms with Gasteiger partial charge in [0, 0.05) is 37.4 Å². The van der Waals surface area contributed by atoms with Crippen LogP contribution in [-0.2, 0) is 0 Å². The highest BCUT2D eigenvalue weighted by molar-refractivity contribution is 6.30. The lowest BCUT2D eigenvalue weighted by Gasteiger charge is -2.20. The number of pyridine rings is 1. The molecule has 0 N–H and O–H groups in total. The lowest BCUT2D eigenvalue weighted by molar-refractivity contribution is 0.709. The Morgan fingerprint density at radius 2 is 2.21 bits per heavy atom. The number of hydrogen-bond donors (Lipinski definition) is 0. The fraction of sp³-hybridized carbons (Fsp3) is 0.500. The van der Waals surface area contributed by atoms with Gasteiger partial charge in [-0.15, -0.1) is 0 Å². The van der Waals surface area contributed by atoms with Gasteiger partial charge >= 0.3 is 0 Å². The van der Waals surface area contributed by atoms with Crippen molar-refractivity contribution < 1.29 is 0 Å². The van der Waals surface area contributed by atoms with Gasteiger partial charge in [-0.05, 0) is 18.6 Å². The first-order chi connectivity index (χ1) is 6.86. The van der Waals surface area contributed by atoms with Gasteiger partial charge in [0.15, 0.2) is 0 Å². The number of nitrogens with zero attached hydrogens (tertiary/aromatic N) is 3. The minimum atomic E-state index is 0.746. The van der Waals surface area contributed by atoms with E-state index >= 15 is 0 Å². The van der Waals surface area contributed by atoms with E-state index in [1.807, 2.05) is 6.07 Å². The predicted octanol–water partition coefficient (Wildman–Crippen LogP) is 1.55. The Kier molecular flexibility index (Phi) is 3.22. The molecule has 0 atom stereocenters. The smallest absolute Gasteiger partial charge is 0.130 e. The molecule has 0 saturated carbocycles. The molecule has 1 aliphatic heterocycles. The zero-order valence-electron chi connectivity index (χ0n) is 7.99. The van der Waals surface area contributed by atoms with Crippen LogP contribution in [0.15, 0.2) is 18.3 Å². The van der Waals surface area contributed by atoms with Crippen molar-refractivity contribution >= 4 is 17.4 Å². The average Bonchev–Trinajstić information content (AvgIpc) is 2.45. The minimum Gasteiger partial charge on any atom is -0.355 e. The van der Waals surface area contributed by atoms with Crippen LogP contribution in [0.25, 0.3) is 0 Å². The van der Waals surface area contributed by atoms with Crippen LogP contribution in [0.3, 0.4) is 0 Å². The van der Waals surface area contributed by atoms with Gasteiger partial charge in [-0.3, -0.25) is 0 Å². The molecule has 75 valence electrons. The fourth-order valence-electron chi connectivity index (χ4n) is 1.58. The lowest BCUT2D eigenvalue weighted by atomic mass is 10.3. The van der Waals surface area contributed by atoms with Crippen molar-refractivity contribution in [1.29, 1.82) is 0 Å². The Labute approximate surface area is 89.1 Å². The summed E-state index contributed by atoms with van der Waals surface area (Å²) >= 11 is 5.91. The van der Waals surface area contributed by atoms with Crippen LogP contribution in [0.5, 0.6) is 0 Å². The van der Waals surface area contributed by atoms with Crippen LogP contribution in [-0.4, -0.2) is 31.2 Å². The molecule has 1 saturated heterocycles. The molecule has 0 amide bonds. The van der Waals surface area contributed by atoms with Crippen molar-refractivity contribution in [1.82, 2.24) is 10.3 Å². The highest BCUT2D eigenvalue weighted by Gasteiger charge is 2.10. The predicted molar refractivity (Wildman–Crippen MR) is 57.9 cm³/mol. The largest absolute Gasteiger partial charge is 0.355 e. The monoisotopic (exact) mass is 210 g/mol. The Balaban J connectivity index is 2.12. The first-order valence-electron chi connectivity index (χ1n) is 4.86. The van der Waals surface area contributed by atoms with Gasteiger partial charge in [-0.1, -0.05) is 11.6 Å². The summed E-state index contributed by atoms with van der Waals surface area (Å²) in [6.45, 7) is 3.84. The van der Waals surface area contributed by atoms with Gasteiger partial charge in [0.2, 0.25) is 0 Å². The highest BCUT2D eigenvalue weighted by atomic mass is 35.5. The zero-order chi connectivity index (χ0) is 9.80. The quantitative estimate of drug-likeness (QED) is 0.704. The number of halogens is 1. The van der Waals surface area contributed by atoms with Gasteiger partial charge in [0.25, 0.3) is 0 Å². The molecular weight excluding hydrogens is 198 g/mol. The first kappa shape index (κ1) is 9.74. The molecule has 1 aromatic heterocycles. The van der Waals surface area contributed by atoms with E-state index in [-0.39, 0.29) is 0 Å². The van der Waals surface area contributed by atoms with Gasteiger partial charge in [0.1, 0.15) is 5.82 Å². The highest BCUT2D eigenvalue weighted by Crippen LogP contribution is 2.16. The van der Waals surface area contributed by atoms with Crippen molar-refractivity contribution in [3.05, 3.63) is 23.4 Å². The summed E-state index contributed by atoms with van der Waals surface area (Å²) in [4.78, 5) is 6.54. The van der Waals surface area contributed by atoms with E-state index in [0.29, 0.717) is 0 Å². The van der Waals surface area contributed by atoms with E-state index in [1.165, 1.54) is 0 Å². The zero-order valence-corrected chi connectivity index (χ0v) is 8.74. The Morgan fingerprint density at radius 1 is 1.29 bits per heavy atom. The van der Waals surface area contributed by atoms with Crippen molar-refractivity contribution in [2.24, 2.45) is 0 Å². The van der Waals surface area contributed by atoms with Crippen molar-refractivity contribution in [2.45, 2.75) is 6.42 Å². The van der Waals surface area contributed by atoms with E-state index in [4.69, 9.17) is 11.6 Å². The topological polar surface area (TPSA) is 30.2 Å². The molecule has 14 heavy (non-hydrogen) atoms. The lowest BCUT2D eigenvalue weighted by Crippen LogP contribution is -2.27. The molecule has 0 aliphatic carbocycles. The number of aromatic nitrogens is 1. The molecule has 1 aromatic rings. The Hall–Kier alpha value is -0.800. The van der Waals surface area contributed by atoms with Crippen LogP contribution >= 0.6 is 11.6 Å². The van der Waals surface area contributed by atoms with Gasteiger partial charge in [-0.2, -0.15) is 0 Å². The second-order valence-corrected chi connectivity index (χ2v) is 3.78. The molecule has 1 radical (unpaired) electrons. The number of hydrogen-bond acceptors (Lipinski definition) is 2. The van der Waals surface area contributed by atoms with Crippen LogP contribution in [0.2, 0.25) is 5.02 Å². The Morgan fingerprint density at radius 3 is 3.07 bits per heavy atom. The summed E-state index contributed by atoms with van der Waals surface area (Å²) in [6, 6.07) is 3.71. The summed E-state index contributed by atoms with van der Waals surface area (Å²) in [5, 5.41) is 5.11. The van der Waals surface area contributed by atoms with E-state index in [2.05, 4.69) is 15.2 Å². The van der Waals surface area contributed by atoms with Crippen LogP contribution in [0, 0.1) is 0 Å². The SMILES string of the molecule is Clc1ccnc(N2CCC[N]CC2)c1. The normalized spacial score (nSPS) is 17.9. The minimum absolute atomic E-state index is 0.746. The third kappa shape index (κ3) is 2.36. The van der Waals surface area contributed by atoms with Crippen LogP contribution < -0.4 is 10.2 Å². The summed E-state index contributed by atoms with van der Waals surface area (Å²) in [6.07, 6.45) is 2.86. The molecule has 0 aromatic carbocycles. The molecule has 2 rings (SSSR count). The molecule has 0 unspecified atom stereocenters. The second kappa shape index (κ2) is 4.62. The van der Waals surface area contributed by atoms with E-state index in [1.54, 1.807) is 12.3 Å². The molecule has 1 fully saturated rings. The third-order valence-corrected chi connectivity index (χ3v) is 2.54. The van der Waals surface area contributed by atoms with E-state index in [0.717, 1.165) is 43.4 Å². The standard InChI is InChI=1S/C10H13ClN3/c11-9-2-4-13-10(8-9)14-6-1-3-12-5-7-14/h2,4,8H,1,3,5-7H2. The molecule has 0 spiro atoms. The van der Waals surface area contributed by atoms with E-state index < -0.39 is 0 Å². The summed E-state index contributed by atoms with van der Waals surface area (Å²) in [7, 11) is 0. The van der Waals surface area contributed by atoms with Crippen LogP contribution in [0.4, 0.5) is 5.82 Å². The van der Waals surface area contributed by atoms with Gasteiger partial charge < -0.3 is 4.90 Å². The molecule has 2 heterocycles. The number of rotatable bonds is 1. The van der Waals surface area contributed by atoms with Crippen LogP contribution in [0.1, 0.15) is 6.42 Å². The summed E-state index contributed by atoms with van der Waals surface area (Å²) in [5.74, 6) is 0.967. The first-order valence-corrected chi connectivity index (χ1v) is 5.24. The summed E-state index contributed by atoms with van der Waals surface area (Å²) < 4.78 is 0. The second-order valence-electron chi connectivity index (χ2n) is 3.34. The maximum absolute atomic E-state index is 5.91. The molecule has 4 heteroatoms. The molecular formula is C10H13ClN3. The van der Waals surface area contributed by atoms with Crippen molar-refractivity contribution in [3.63, 3.8) is 0 Å². The molecule has 1 aliphatic rings. The maximum Gasteiger partial charge on any atom is 0.130 e. The number of anilines is 1. The molecule has 3 nitrogen and oxygen atoms in total. The van der Waals surface area contributed by atoms with E-state index in [9.17, 15) is 0 Å². The van der Waals surface area contributed by atoms with Crippen molar-refractivity contribution in [2.75, 3.05) is 31.1 Å². The third-order valence-electron chi connectivity index (χ3n) is 2.30. The molecule has 0 bridgehead atoms. The van der Waals surface area contributed by atoms with Crippen molar-refractivity contribution in [3.8, 4) is 0 Å². The van der Waals surface area contributed by atoms with Gasteiger partial charge in [0.05, 0.1) is 0 Å². The maximum atomic E-state index is 5.91. The Bertz CT molecular complexity index is 295. The van der Waals surface area contributed by atoms with Gasteiger partial charge in [-0.25, -0.2) is 10.3 Å². The summed E-state index contributed by atoms with van der Waals surface area (Å²) in [5.41, 5.74) is 0.